The van der Waals surface area contributed by atoms with E-state index in [2.05, 4.69) is 10.3 Å². The second kappa shape index (κ2) is 11.6. The van der Waals surface area contributed by atoms with Crippen LogP contribution in [0.2, 0.25) is 0 Å². The van der Waals surface area contributed by atoms with Crippen molar-refractivity contribution in [3.8, 4) is 0 Å². The Morgan fingerprint density at radius 1 is 1.00 bits per heavy atom. The summed E-state index contributed by atoms with van der Waals surface area (Å²) in [5, 5.41) is 3.41. The molecule has 0 radical (unpaired) electrons. The van der Waals surface area contributed by atoms with Crippen molar-refractivity contribution in [2.24, 2.45) is 0 Å². The maximum atomic E-state index is 13.1. The van der Waals surface area contributed by atoms with Crippen LogP contribution in [0.3, 0.4) is 0 Å². The number of aryl methyl sites for hydroxylation is 1. The first-order valence-corrected chi connectivity index (χ1v) is 12.2. The van der Waals surface area contributed by atoms with Crippen molar-refractivity contribution < 1.29 is 14.4 Å². The number of benzene rings is 2. The molecule has 1 atom stereocenters. The average Bonchev–Trinajstić information content (AvgIpc) is 2.92. The summed E-state index contributed by atoms with van der Waals surface area (Å²) < 4.78 is 1.45. The summed E-state index contributed by atoms with van der Waals surface area (Å²) in [7, 11) is 0. The van der Waals surface area contributed by atoms with Crippen molar-refractivity contribution in [3.05, 3.63) is 76.8 Å². The van der Waals surface area contributed by atoms with Gasteiger partial charge in [-0.3, -0.25) is 23.7 Å². The summed E-state index contributed by atoms with van der Waals surface area (Å²) in [6.45, 7) is 3.29. The monoisotopic (exact) mass is 489 g/mol. The highest BCUT2D eigenvalue weighted by Crippen LogP contribution is 2.25. The molecule has 0 aliphatic carbocycles. The summed E-state index contributed by atoms with van der Waals surface area (Å²) in [6, 6.07) is 16.3. The van der Waals surface area contributed by atoms with Crippen molar-refractivity contribution >= 4 is 28.6 Å². The van der Waals surface area contributed by atoms with Crippen molar-refractivity contribution in [2.45, 2.75) is 38.8 Å². The topological polar surface area (TPSA) is 105 Å². The summed E-state index contributed by atoms with van der Waals surface area (Å²) in [5.74, 6) is -0.396. The lowest BCUT2D eigenvalue weighted by Crippen LogP contribution is -2.39. The molecule has 3 amide bonds. The van der Waals surface area contributed by atoms with Gasteiger partial charge in [-0.15, -0.1) is 0 Å². The van der Waals surface area contributed by atoms with E-state index in [1.54, 1.807) is 28.0 Å². The number of para-hydroxylation sites is 1. The fourth-order valence-corrected chi connectivity index (χ4v) is 4.63. The third-order valence-corrected chi connectivity index (χ3v) is 6.53. The molecule has 1 aromatic heterocycles. The Hall–Kier alpha value is -4.01. The van der Waals surface area contributed by atoms with E-state index in [9.17, 15) is 19.2 Å². The first-order chi connectivity index (χ1) is 17.4. The quantitative estimate of drug-likeness (QED) is 0.605. The van der Waals surface area contributed by atoms with E-state index < -0.39 is 0 Å². The molecular formula is C27H31N5O4. The molecule has 4 rings (SSSR count). The van der Waals surface area contributed by atoms with Gasteiger partial charge in [0.2, 0.25) is 17.7 Å². The minimum Gasteiger partial charge on any atom is -0.354 e. The normalized spacial score (nSPS) is 17.4. The van der Waals surface area contributed by atoms with Gasteiger partial charge in [0.25, 0.3) is 5.56 Å². The number of nitrogens with zero attached hydrogens (tertiary/aromatic N) is 4. The highest BCUT2D eigenvalue weighted by Gasteiger charge is 2.26. The van der Waals surface area contributed by atoms with Crippen LogP contribution in [0.25, 0.3) is 10.9 Å². The molecule has 2 aromatic carbocycles. The minimum absolute atomic E-state index is 0.113. The van der Waals surface area contributed by atoms with Crippen LogP contribution in [0.4, 0.5) is 0 Å². The second-order valence-electron chi connectivity index (χ2n) is 8.94. The molecule has 1 unspecified atom stereocenters. The van der Waals surface area contributed by atoms with Crippen LogP contribution in [0.15, 0.2) is 65.7 Å². The number of carbonyl (C=O) groups is 3. The number of amides is 3. The van der Waals surface area contributed by atoms with E-state index >= 15 is 0 Å². The number of carbonyl (C=O) groups excluding carboxylic acids is 3. The molecule has 0 spiro atoms. The van der Waals surface area contributed by atoms with Crippen LogP contribution in [0.1, 0.15) is 37.8 Å². The second-order valence-corrected chi connectivity index (χ2v) is 8.94. The van der Waals surface area contributed by atoms with Gasteiger partial charge in [0, 0.05) is 46.1 Å². The van der Waals surface area contributed by atoms with Gasteiger partial charge in [-0.05, 0) is 24.1 Å². The Bertz CT molecular complexity index is 1290. The van der Waals surface area contributed by atoms with Crippen molar-refractivity contribution in [3.63, 3.8) is 0 Å². The number of nitrogens with one attached hydrogen (secondary N) is 1. The molecular weight excluding hydrogens is 458 g/mol. The van der Waals surface area contributed by atoms with Crippen LogP contribution in [0.5, 0.6) is 0 Å². The Kier molecular flexibility index (Phi) is 8.10. The third-order valence-electron chi connectivity index (χ3n) is 6.53. The van der Waals surface area contributed by atoms with E-state index in [1.807, 2.05) is 36.4 Å². The summed E-state index contributed by atoms with van der Waals surface area (Å²) in [5.41, 5.74) is 1.35. The maximum absolute atomic E-state index is 13.1. The van der Waals surface area contributed by atoms with Crippen LogP contribution in [-0.4, -0.2) is 63.3 Å². The number of fused-ring (bicyclic) bond motifs is 1. The van der Waals surface area contributed by atoms with Crippen LogP contribution in [-0.2, 0) is 20.9 Å². The molecule has 9 nitrogen and oxygen atoms in total. The average molecular weight is 490 g/mol. The fourth-order valence-electron chi connectivity index (χ4n) is 4.63. The van der Waals surface area contributed by atoms with E-state index in [0.29, 0.717) is 43.5 Å². The zero-order valence-corrected chi connectivity index (χ0v) is 20.4. The van der Waals surface area contributed by atoms with E-state index in [1.165, 1.54) is 17.8 Å². The van der Waals surface area contributed by atoms with Gasteiger partial charge in [0.1, 0.15) is 0 Å². The maximum Gasteiger partial charge on any atom is 0.261 e. The number of hydrogen-bond donors (Lipinski definition) is 1. The van der Waals surface area contributed by atoms with Crippen LogP contribution in [0, 0.1) is 0 Å². The highest BCUT2D eigenvalue weighted by molar-refractivity contribution is 5.80. The summed E-state index contributed by atoms with van der Waals surface area (Å²) in [4.78, 5) is 58.7. The smallest absolute Gasteiger partial charge is 0.261 e. The molecule has 1 aliphatic rings. The van der Waals surface area contributed by atoms with Crippen LogP contribution >= 0.6 is 0 Å². The number of rotatable bonds is 4. The van der Waals surface area contributed by atoms with Crippen LogP contribution < -0.4 is 10.9 Å². The van der Waals surface area contributed by atoms with Gasteiger partial charge in [-0.2, -0.15) is 0 Å². The number of hydrogen-bond acceptors (Lipinski definition) is 5. The molecule has 1 fully saturated rings. The molecule has 1 N–H and O–H groups in total. The van der Waals surface area contributed by atoms with Gasteiger partial charge in [-0.1, -0.05) is 42.5 Å². The molecule has 36 heavy (non-hydrogen) atoms. The van der Waals surface area contributed by atoms with Crippen molar-refractivity contribution in [1.82, 2.24) is 24.7 Å². The first kappa shape index (κ1) is 25.1. The van der Waals surface area contributed by atoms with Gasteiger partial charge in [-0.25, -0.2) is 4.98 Å². The predicted molar refractivity (Wildman–Crippen MR) is 136 cm³/mol. The third kappa shape index (κ3) is 5.97. The lowest BCUT2D eigenvalue weighted by atomic mass is 10.0. The fraction of sp³-hybridized carbons (Fsp3) is 0.370. The molecule has 1 saturated heterocycles. The number of aromatic nitrogens is 2. The Morgan fingerprint density at radius 3 is 2.53 bits per heavy atom. The first-order valence-electron chi connectivity index (χ1n) is 12.2. The molecule has 0 bridgehead atoms. The Balaban J connectivity index is 1.45. The zero-order chi connectivity index (χ0) is 25.5. The standard InChI is InChI=1S/C27H31N5O4/c1-20(33)32-15-7-14-30(17-13-28-25(34)18-24(32)21-8-3-2-4-9-21)26(35)12-16-31-19-29-23-11-6-5-10-22(23)27(31)36/h2-6,8-11,19,24H,7,12-18H2,1H3,(H,28,34). The van der Waals surface area contributed by atoms with Gasteiger partial charge in [0.05, 0.1) is 29.7 Å². The van der Waals surface area contributed by atoms with E-state index in [4.69, 9.17) is 0 Å². The van der Waals surface area contributed by atoms with Gasteiger partial charge in [0.15, 0.2) is 0 Å². The SMILES string of the molecule is CC(=O)N1CCCN(C(=O)CCn2cnc3ccccc3c2=O)CCNC(=O)CC1c1ccccc1. The van der Waals surface area contributed by atoms with E-state index in [0.717, 1.165) is 5.56 Å². The van der Waals surface area contributed by atoms with E-state index in [-0.39, 0.29) is 48.7 Å². The van der Waals surface area contributed by atoms with Crippen molar-refractivity contribution in [1.29, 1.82) is 0 Å². The Labute approximate surface area is 209 Å². The predicted octanol–water partition coefficient (Wildman–Crippen LogP) is 2.11. The molecule has 9 heteroatoms. The lowest BCUT2D eigenvalue weighted by Gasteiger charge is -2.31. The molecule has 188 valence electrons. The highest BCUT2D eigenvalue weighted by atomic mass is 16.2. The molecule has 1 aliphatic heterocycles. The zero-order valence-electron chi connectivity index (χ0n) is 20.4. The van der Waals surface area contributed by atoms with Gasteiger partial charge >= 0.3 is 0 Å². The largest absolute Gasteiger partial charge is 0.354 e. The lowest BCUT2D eigenvalue weighted by molar-refractivity contribution is -0.133. The van der Waals surface area contributed by atoms with Gasteiger partial charge < -0.3 is 15.1 Å². The molecule has 2 heterocycles. The Morgan fingerprint density at radius 2 is 1.75 bits per heavy atom. The summed E-state index contributed by atoms with van der Waals surface area (Å²) >= 11 is 0. The summed E-state index contributed by atoms with van der Waals surface area (Å²) in [6.07, 6.45) is 2.35. The molecule has 3 aromatic rings. The molecule has 0 saturated carbocycles. The van der Waals surface area contributed by atoms with Crippen molar-refractivity contribution in [2.75, 3.05) is 26.2 Å². The minimum atomic E-state index is -0.363.